The van der Waals surface area contributed by atoms with E-state index in [0.29, 0.717) is 5.75 Å². The first kappa shape index (κ1) is 13.7. The van der Waals surface area contributed by atoms with Crippen LogP contribution in [0.15, 0.2) is 24.3 Å². The number of para-hydroxylation sites is 1. The molecule has 3 heteroatoms. The van der Waals surface area contributed by atoms with E-state index in [1.165, 1.54) is 40.7 Å². The van der Waals surface area contributed by atoms with Gasteiger partial charge in [0, 0.05) is 0 Å². The Kier molecular flexibility index (Phi) is 9.10. The Hall–Kier alpha value is -0.280. The van der Waals surface area contributed by atoms with Crippen molar-refractivity contribution in [1.82, 2.24) is 0 Å². The standard InChI is InChI=1S/C11H16O.Au.H2O/c1-2-3-4-7-10-8-5-6-9-11(10)12;;/h5-6,8-9,12H,2-4,7H2,1H3;;1H2/q;+1;/p-1. The van der Waals surface area contributed by atoms with Gasteiger partial charge in [0.1, 0.15) is 5.75 Å². The zero-order chi connectivity index (χ0) is 10.8. The number of hydrogen-bond donors (Lipinski definition) is 2. The Labute approximate surface area is 98.4 Å². The van der Waals surface area contributed by atoms with Gasteiger partial charge in [0.05, 0.1) is 0 Å². The SMILES string of the molecule is CCCCCc1ccccc1O.[OH][Au]. The first-order valence-corrected chi connectivity index (χ1v) is 5.72. The van der Waals surface area contributed by atoms with Gasteiger partial charge >= 0.3 is 25.1 Å². The molecule has 1 rings (SSSR count). The summed E-state index contributed by atoms with van der Waals surface area (Å²) >= 11 is 1.28. The summed E-state index contributed by atoms with van der Waals surface area (Å²) in [4.78, 5) is 0. The molecule has 0 heterocycles. The first-order valence-electron chi connectivity index (χ1n) is 4.75. The van der Waals surface area contributed by atoms with Crippen LogP contribution in [0.1, 0.15) is 31.7 Å². The summed E-state index contributed by atoms with van der Waals surface area (Å²) in [6.45, 7) is 2.19. The van der Waals surface area contributed by atoms with Gasteiger partial charge in [0.2, 0.25) is 0 Å². The van der Waals surface area contributed by atoms with E-state index in [9.17, 15) is 5.11 Å². The molecule has 0 radical (unpaired) electrons. The summed E-state index contributed by atoms with van der Waals surface area (Å²) in [7, 11) is 0. The molecule has 0 aliphatic rings. The monoisotopic (exact) mass is 378 g/mol. The second-order valence-corrected chi connectivity index (χ2v) is 3.09. The molecule has 0 fully saturated rings. The molecular weight excluding hydrogens is 361 g/mol. The third kappa shape index (κ3) is 5.45. The Morgan fingerprint density at radius 2 is 1.79 bits per heavy atom. The second-order valence-electron chi connectivity index (χ2n) is 3.09. The van der Waals surface area contributed by atoms with Crippen molar-refractivity contribution in [2.75, 3.05) is 0 Å². The van der Waals surface area contributed by atoms with Crippen LogP contribution in [0.4, 0.5) is 0 Å². The van der Waals surface area contributed by atoms with E-state index in [1.54, 1.807) is 6.07 Å². The van der Waals surface area contributed by atoms with Crippen molar-refractivity contribution in [1.29, 1.82) is 0 Å². The molecule has 1 aromatic carbocycles. The number of benzene rings is 1. The average Bonchev–Trinajstić information content (AvgIpc) is 2.24. The summed E-state index contributed by atoms with van der Waals surface area (Å²) in [5.74, 6) is 0.439. The van der Waals surface area contributed by atoms with E-state index in [-0.39, 0.29) is 0 Å². The minimum atomic E-state index is 0.439. The molecule has 0 saturated heterocycles. The van der Waals surface area contributed by atoms with Gasteiger partial charge in [-0.1, -0.05) is 38.0 Å². The Morgan fingerprint density at radius 3 is 2.36 bits per heavy atom. The van der Waals surface area contributed by atoms with Crippen LogP contribution in [-0.4, -0.2) is 8.72 Å². The van der Waals surface area contributed by atoms with Crippen molar-refractivity contribution in [2.45, 2.75) is 32.6 Å². The molecule has 14 heavy (non-hydrogen) atoms. The van der Waals surface area contributed by atoms with Crippen molar-refractivity contribution in [3.63, 3.8) is 0 Å². The second kappa shape index (κ2) is 9.28. The molecule has 0 unspecified atom stereocenters. The molecule has 0 saturated carbocycles. The van der Waals surface area contributed by atoms with Crippen molar-refractivity contribution in [3.05, 3.63) is 29.8 Å². The predicted molar refractivity (Wildman–Crippen MR) is 53.6 cm³/mol. The fourth-order valence-electron chi connectivity index (χ4n) is 1.29. The molecule has 0 aliphatic heterocycles. The summed E-state index contributed by atoms with van der Waals surface area (Å²) in [6, 6.07) is 7.58. The van der Waals surface area contributed by atoms with E-state index in [1.807, 2.05) is 18.2 Å². The molecule has 0 atom stereocenters. The van der Waals surface area contributed by atoms with Gasteiger partial charge in [0.25, 0.3) is 0 Å². The van der Waals surface area contributed by atoms with Crippen LogP contribution < -0.4 is 0 Å². The van der Waals surface area contributed by atoms with Crippen LogP contribution in [0.25, 0.3) is 0 Å². The third-order valence-electron chi connectivity index (χ3n) is 2.04. The fraction of sp³-hybridized carbons (Fsp3) is 0.455. The maximum atomic E-state index is 9.41. The van der Waals surface area contributed by atoms with Gasteiger partial charge in [-0.15, -0.1) is 0 Å². The van der Waals surface area contributed by atoms with Crippen molar-refractivity contribution in [3.8, 4) is 5.75 Å². The van der Waals surface area contributed by atoms with Crippen LogP contribution >= 0.6 is 0 Å². The Morgan fingerprint density at radius 1 is 1.14 bits per heavy atom. The zero-order valence-corrected chi connectivity index (χ0v) is 10.5. The van der Waals surface area contributed by atoms with E-state index in [0.717, 1.165) is 12.0 Å². The van der Waals surface area contributed by atoms with Crippen LogP contribution in [-0.2, 0) is 27.9 Å². The predicted octanol–water partition coefficient (Wildman–Crippen LogP) is 2.57. The summed E-state index contributed by atoms with van der Waals surface area (Å²) < 4.78 is 6.94. The number of aryl methyl sites for hydroxylation is 1. The van der Waals surface area contributed by atoms with E-state index < -0.39 is 0 Å². The molecule has 0 aliphatic carbocycles. The number of hydrogen-bond acceptors (Lipinski definition) is 2. The molecular formula is C11H17AuO2. The molecule has 0 amide bonds. The quantitative estimate of drug-likeness (QED) is 0.625. The number of unbranched alkanes of at least 4 members (excludes halogenated alkanes) is 2. The van der Waals surface area contributed by atoms with Crippen LogP contribution in [0.3, 0.4) is 0 Å². The van der Waals surface area contributed by atoms with Crippen molar-refractivity contribution >= 4 is 0 Å². The van der Waals surface area contributed by atoms with Crippen molar-refractivity contribution in [2.24, 2.45) is 0 Å². The van der Waals surface area contributed by atoms with Gasteiger partial charge < -0.3 is 5.11 Å². The van der Waals surface area contributed by atoms with Gasteiger partial charge in [-0.25, -0.2) is 0 Å². The topological polar surface area (TPSA) is 40.5 Å². The molecule has 2 N–H and O–H groups in total. The maximum absolute atomic E-state index is 9.41. The van der Waals surface area contributed by atoms with Crippen LogP contribution in [0.5, 0.6) is 5.75 Å². The molecule has 1 aromatic rings. The molecule has 2 nitrogen and oxygen atoms in total. The summed E-state index contributed by atoms with van der Waals surface area (Å²) in [5, 5.41) is 9.41. The molecule has 0 aromatic heterocycles. The third-order valence-corrected chi connectivity index (χ3v) is 2.04. The zero-order valence-electron chi connectivity index (χ0n) is 8.33. The fourth-order valence-corrected chi connectivity index (χ4v) is 1.29. The van der Waals surface area contributed by atoms with Gasteiger partial charge in [0.15, 0.2) is 0 Å². The van der Waals surface area contributed by atoms with Crippen molar-refractivity contribution < 1.29 is 30.2 Å². The van der Waals surface area contributed by atoms with E-state index >= 15 is 0 Å². The Bertz CT molecular complexity index is 238. The molecule has 84 valence electrons. The number of phenols is 1. The van der Waals surface area contributed by atoms with Crippen LogP contribution in [0, 0.1) is 0 Å². The van der Waals surface area contributed by atoms with Gasteiger partial charge in [-0.3, -0.25) is 0 Å². The number of phenolic OH excluding ortho intramolecular Hbond substituents is 1. The summed E-state index contributed by atoms with van der Waals surface area (Å²) in [5.41, 5.74) is 1.07. The van der Waals surface area contributed by atoms with E-state index in [2.05, 4.69) is 6.92 Å². The molecule has 0 bridgehead atoms. The number of aromatic hydroxyl groups is 1. The van der Waals surface area contributed by atoms with Crippen LogP contribution in [0.2, 0.25) is 0 Å². The minimum absolute atomic E-state index is 0.439. The normalized spacial score (nSPS) is 9.14. The summed E-state index contributed by atoms with van der Waals surface area (Å²) in [6.07, 6.45) is 4.65. The number of rotatable bonds is 4. The van der Waals surface area contributed by atoms with Gasteiger partial charge in [-0.2, -0.15) is 0 Å². The average molecular weight is 378 g/mol. The molecule has 0 spiro atoms. The Balaban J connectivity index is 0.000000791. The van der Waals surface area contributed by atoms with Gasteiger partial charge in [-0.05, 0) is 24.5 Å². The first-order chi connectivity index (χ1) is 6.84. The van der Waals surface area contributed by atoms with E-state index in [4.69, 9.17) is 3.61 Å².